The first-order valence-corrected chi connectivity index (χ1v) is 31.8. The Balaban J connectivity index is 0.0000112. The second-order valence-corrected chi connectivity index (χ2v) is 25.5. The Morgan fingerprint density at radius 1 is 0.276 bits per heavy atom. The van der Waals surface area contributed by atoms with Gasteiger partial charge in [-0.15, -0.1) is 11.8 Å². The van der Waals surface area contributed by atoms with Gasteiger partial charge in [0.05, 0.1) is 58.3 Å². The molecule has 0 aromatic heterocycles. The number of rotatable bonds is 11. The molecule has 30 aliphatic rings. The molecule has 0 aliphatic carbocycles. The number of ether oxygens (including phenoxy) is 16. The molecule has 43 heteroatoms. The van der Waals surface area contributed by atoms with Gasteiger partial charge >= 0.3 is 29.6 Å². The van der Waals surface area contributed by atoms with Crippen LogP contribution in [0.3, 0.4) is 0 Å². The van der Waals surface area contributed by atoms with E-state index in [-0.39, 0.29) is 40.9 Å². The first kappa shape index (κ1) is 80.6. The van der Waals surface area contributed by atoms with E-state index in [4.69, 9.17) is 75.8 Å². The first-order chi connectivity index (χ1) is 46.2. The van der Waals surface area contributed by atoms with Gasteiger partial charge in [0, 0.05) is 10.6 Å². The molecule has 41 nitrogen and oxygen atoms in total. The van der Waals surface area contributed by atoms with Crippen LogP contribution in [0.1, 0.15) is 10.4 Å². The van der Waals surface area contributed by atoms with Gasteiger partial charge in [-0.3, -0.25) is 0 Å². The summed E-state index contributed by atoms with van der Waals surface area (Å²) in [5.74, 6) is -1.85. The van der Waals surface area contributed by atoms with Gasteiger partial charge in [0.25, 0.3) is 0 Å². The maximum absolute atomic E-state index is 11.9. The molecule has 30 saturated heterocycles. The number of carboxylic acids is 1. The molecule has 31 rings (SSSR count). The van der Waals surface area contributed by atoms with Crippen LogP contribution < -0.4 is 34.7 Å². The fourth-order valence-corrected chi connectivity index (χ4v) is 13.7. The van der Waals surface area contributed by atoms with Crippen LogP contribution in [0, 0.1) is 0 Å². The van der Waals surface area contributed by atoms with Crippen LogP contribution in [0.25, 0.3) is 0 Å². The first-order valence-electron chi connectivity index (χ1n) is 30.8. The van der Waals surface area contributed by atoms with Gasteiger partial charge in [0.1, 0.15) is 189 Å². The van der Waals surface area contributed by atoms with Gasteiger partial charge in [-0.05, 0) is 17.7 Å². The Kier molecular flexibility index (Phi) is 28.6. The molecule has 24 unspecified atom stereocenters. The third-order valence-electron chi connectivity index (χ3n) is 18.2. The van der Waals surface area contributed by atoms with Crippen LogP contribution in [0.5, 0.6) is 0 Å². The molecule has 0 saturated carbocycles. The molecule has 16 bridgehead atoms. The second kappa shape index (κ2) is 34.8. The van der Waals surface area contributed by atoms with Crippen LogP contribution in [0.15, 0.2) is 29.2 Å². The molecular formula is C55H83NaO41S. The SMILES string of the molecule is O=C([O-])c1ccc(SCC2O[C@@H]3O[C@@H]4C(CO)O[C@H](O[C@@H]5C(CO)O[C@H](O[C@@H]6C(CO)O[C@H](O[C@@H]7C(CO)O[C@H](O[C@@H]8C(CO)O[C@H](O[C@@H]9C(CO)O[C@H](O[C@@H]%10C(CO)O[C@H](O[C@H]2C(O)C3O)C(O)C%10O)C(O)C9O)C(O)C8O)C(O)C7O)C(O)C6O)C(O)C5O)C(O)C4O)cc1.[Na+]. The van der Waals surface area contributed by atoms with Gasteiger partial charge < -0.3 is 203 Å². The largest absolute Gasteiger partial charge is 1.00 e. The van der Waals surface area contributed by atoms with E-state index < -0.39 is 298 Å². The summed E-state index contributed by atoms with van der Waals surface area (Å²) in [6, 6.07) is 5.12. The summed E-state index contributed by atoms with van der Waals surface area (Å²) in [5, 5.41) is 270. The molecule has 0 radical (unpaired) electrons. The average molecular weight is 1460 g/mol. The van der Waals surface area contributed by atoms with E-state index >= 15 is 0 Å². The van der Waals surface area contributed by atoms with Gasteiger partial charge in [-0.1, -0.05) is 12.1 Å². The van der Waals surface area contributed by atoms with Gasteiger partial charge in [-0.2, -0.15) is 0 Å². The molecule has 0 spiro atoms. The summed E-state index contributed by atoms with van der Waals surface area (Å²) < 4.78 is 92.8. The van der Waals surface area contributed by atoms with E-state index in [9.17, 15) is 127 Å². The molecule has 98 heavy (non-hydrogen) atoms. The Bertz CT molecular complexity index is 2620. The van der Waals surface area contributed by atoms with Crippen molar-refractivity contribution in [3.05, 3.63) is 29.8 Å². The van der Waals surface area contributed by atoms with Crippen LogP contribution >= 0.6 is 11.8 Å². The normalized spacial score (nSPS) is 50.7. The minimum Gasteiger partial charge on any atom is -0.545 e. The van der Waals surface area contributed by atoms with E-state index in [1.165, 1.54) is 24.3 Å². The summed E-state index contributed by atoms with van der Waals surface area (Å²) in [6.07, 6.45) is -82.4. The fraction of sp³-hybridized carbons (Fsp3) is 0.873. The topological polar surface area (TPSA) is 653 Å². The molecule has 30 fully saturated rings. The van der Waals surface area contributed by atoms with Gasteiger partial charge in [0.2, 0.25) is 0 Å². The van der Waals surface area contributed by atoms with Crippen LogP contribution in [-0.2, 0) is 75.8 Å². The quantitative estimate of drug-likeness (QED) is 0.0723. The zero-order chi connectivity index (χ0) is 70.3. The van der Waals surface area contributed by atoms with E-state index in [1.54, 1.807) is 0 Å². The van der Waals surface area contributed by atoms with E-state index in [0.717, 1.165) is 11.8 Å². The summed E-state index contributed by atoms with van der Waals surface area (Å²) in [6.45, 7) is -7.65. The summed E-state index contributed by atoms with van der Waals surface area (Å²) >= 11 is 0.926. The molecule has 30 aliphatic heterocycles. The number of benzene rings is 1. The Hall–Kier alpha value is -1.52. The van der Waals surface area contributed by atoms with Crippen molar-refractivity contribution in [2.24, 2.45) is 0 Å². The van der Waals surface area contributed by atoms with Crippen molar-refractivity contribution in [3.8, 4) is 0 Å². The Morgan fingerprint density at radius 3 is 0.602 bits per heavy atom. The van der Waals surface area contributed by atoms with Crippen molar-refractivity contribution in [2.45, 2.75) is 251 Å². The summed E-state index contributed by atoms with van der Waals surface area (Å²) in [4.78, 5) is 11.9. The van der Waals surface area contributed by atoms with Crippen molar-refractivity contribution in [3.63, 3.8) is 0 Å². The number of hydrogen-bond donors (Lipinski definition) is 23. The van der Waals surface area contributed by atoms with Crippen LogP contribution in [-0.4, -0.2) is 421 Å². The van der Waals surface area contributed by atoms with E-state index in [0.29, 0.717) is 4.90 Å². The number of hydrogen-bond acceptors (Lipinski definition) is 42. The van der Waals surface area contributed by atoms with Crippen molar-refractivity contribution < 1.29 is 233 Å². The smallest absolute Gasteiger partial charge is 0.545 e. The fourth-order valence-electron chi connectivity index (χ4n) is 12.8. The third-order valence-corrected chi connectivity index (χ3v) is 19.3. The number of carbonyl (C=O) groups is 1. The maximum Gasteiger partial charge on any atom is 1.00 e. The zero-order valence-electron chi connectivity index (χ0n) is 51.6. The number of aliphatic hydroxyl groups is 23. The van der Waals surface area contributed by atoms with Crippen LogP contribution in [0.2, 0.25) is 0 Å². The second-order valence-electron chi connectivity index (χ2n) is 24.4. The van der Waals surface area contributed by atoms with Gasteiger partial charge in [-0.25, -0.2) is 0 Å². The number of aliphatic hydroxyl groups excluding tert-OH is 23. The Labute approximate surface area is 580 Å². The number of aromatic carboxylic acids is 1. The third kappa shape index (κ3) is 16.5. The molecular weight excluding hydrogens is 1370 g/mol. The monoisotopic (exact) mass is 1450 g/mol. The van der Waals surface area contributed by atoms with Crippen LogP contribution in [0.4, 0.5) is 0 Å². The number of thioether (sulfide) groups is 1. The summed E-state index contributed by atoms with van der Waals surface area (Å²) in [5.41, 5.74) is -0.210. The molecule has 23 N–H and O–H groups in total. The van der Waals surface area contributed by atoms with Crippen molar-refractivity contribution in [2.75, 3.05) is 52.0 Å². The predicted octanol–water partition coefficient (Wildman–Crippen LogP) is -19.2. The summed E-state index contributed by atoms with van der Waals surface area (Å²) in [7, 11) is 0. The molecule has 1 aromatic rings. The molecule has 40 atom stereocenters. The van der Waals surface area contributed by atoms with E-state index in [1.807, 2.05) is 0 Å². The average Bonchev–Trinajstić information content (AvgIpc) is 0.777. The van der Waals surface area contributed by atoms with Gasteiger partial charge in [0.15, 0.2) is 50.3 Å². The minimum absolute atomic E-state index is 0. The number of carbonyl (C=O) groups excluding carboxylic acids is 1. The Morgan fingerprint density at radius 2 is 0.439 bits per heavy atom. The zero-order valence-corrected chi connectivity index (χ0v) is 54.4. The van der Waals surface area contributed by atoms with Crippen molar-refractivity contribution >= 4 is 17.7 Å². The van der Waals surface area contributed by atoms with Crippen molar-refractivity contribution in [1.29, 1.82) is 0 Å². The number of carboxylic acid groups (broad SMARTS) is 1. The predicted molar refractivity (Wildman–Crippen MR) is 295 cm³/mol. The molecule has 1 aromatic carbocycles. The molecule has 556 valence electrons. The minimum atomic E-state index is -2.27. The standard InChI is InChI=1S/C55H84O41S.Na/c56-5-15-39-23(63)31(71)48(81-15)90-40-16(6-57)83-50(33(73)25(40)65)92-42-18(8-59)85-52(35(75)27(42)67)94-44-20(10-61)87-54(37(77)29(44)69)96-46-22(12-97-14-3-1-13(2-4-14)47(79)80)88-55(38(78)30(46)70)95-45-21(11-62)86-53(36(76)28(45)68)93-43-19(9-60)84-51(34(74)26(43)66)91-41-17(7-58)82-49(89-39)32(72)24(41)64;/h1-4,15-46,48-78H,5-12H2,(H,79,80);/q;+1/p-1/t15?,16?,17?,18?,19?,20?,21?,22?,23?,24?,25?,26?,27?,28?,29?,30?,31?,32?,33?,34?,35?,36?,37?,38?,39-,40-,41-,42-,43-,44-,45-,46-,48-,49-,50-,51-,52-,53-,54-,55-;/m1./s1. The van der Waals surface area contributed by atoms with Crippen molar-refractivity contribution in [1.82, 2.24) is 0 Å². The maximum atomic E-state index is 11.9. The van der Waals surface area contributed by atoms with E-state index in [2.05, 4.69) is 0 Å². The molecule has 0 amide bonds. The molecule has 30 heterocycles.